The predicted molar refractivity (Wildman–Crippen MR) is 75.5 cm³/mol. The van der Waals surface area contributed by atoms with Gasteiger partial charge in [-0.3, -0.25) is 0 Å². The van der Waals surface area contributed by atoms with E-state index in [1.54, 1.807) is 24.3 Å². The van der Waals surface area contributed by atoms with Crippen LogP contribution in [0.3, 0.4) is 0 Å². The lowest BCUT2D eigenvalue weighted by atomic mass is 9.80. The molecule has 1 aromatic carbocycles. The Kier molecular flexibility index (Phi) is 4.76. The van der Waals surface area contributed by atoms with E-state index in [1.165, 1.54) is 6.33 Å². The highest BCUT2D eigenvalue weighted by Crippen LogP contribution is 2.10. The topological polar surface area (TPSA) is 80.4 Å². The summed E-state index contributed by atoms with van der Waals surface area (Å²) in [6.45, 7) is 5.36. The molecule has 0 atom stereocenters. The van der Waals surface area contributed by atoms with Gasteiger partial charge in [0.25, 0.3) is 0 Å². The number of aromatic nitrogens is 3. The molecule has 0 radical (unpaired) electrons. The normalized spacial score (nSPS) is 10.8. The molecule has 2 rings (SSSR count). The van der Waals surface area contributed by atoms with E-state index in [-0.39, 0.29) is 0 Å². The molecular formula is C13H18BN3O3. The molecule has 2 N–H and O–H groups in total. The summed E-state index contributed by atoms with van der Waals surface area (Å²) in [5.41, 5.74) is 0.431. The molecule has 0 saturated carbocycles. The Hall–Kier alpha value is -1.86. The third-order valence-corrected chi connectivity index (χ3v) is 2.78. The average Bonchev–Trinajstić information content (AvgIpc) is 2.83. The molecule has 0 saturated heterocycles. The molecule has 7 heteroatoms. The minimum absolute atomic E-state index is 0.327. The molecular weight excluding hydrogens is 257 g/mol. The zero-order valence-electron chi connectivity index (χ0n) is 11.6. The molecule has 1 heterocycles. The highest BCUT2D eigenvalue weighted by molar-refractivity contribution is 6.58. The Morgan fingerprint density at radius 2 is 1.95 bits per heavy atom. The Balaban J connectivity index is 1.96. The van der Waals surface area contributed by atoms with Gasteiger partial charge in [0, 0.05) is 6.54 Å². The van der Waals surface area contributed by atoms with Crippen LogP contribution in [0.2, 0.25) is 0 Å². The monoisotopic (exact) mass is 275 g/mol. The first-order valence-corrected chi connectivity index (χ1v) is 6.52. The van der Waals surface area contributed by atoms with E-state index < -0.39 is 7.12 Å². The number of benzene rings is 1. The van der Waals surface area contributed by atoms with E-state index in [9.17, 15) is 0 Å². The Bertz CT molecular complexity index is 540. The van der Waals surface area contributed by atoms with Crippen LogP contribution in [0, 0.1) is 5.92 Å². The largest absolute Gasteiger partial charge is 0.488 e. The van der Waals surface area contributed by atoms with Gasteiger partial charge >= 0.3 is 7.12 Å². The minimum Gasteiger partial charge on any atom is -0.486 e. The first kappa shape index (κ1) is 14.6. The van der Waals surface area contributed by atoms with Crippen molar-refractivity contribution >= 4 is 12.6 Å². The second kappa shape index (κ2) is 6.54. The summed E-state index contributed by atoms with van der Waals surface area (Å²) in [5.74, 6) is 1.90. The van der Waals surface area contributed by atoms with Crippen LogP contribution < -0.4 is 10.2 Å². The Morgan fingerprint density at radius 3 is 2.55 bits per heavy atom. The number of rotatable bonds is 6. The van der Waals surface area contributed by atoms with Crippen LogP contribution >= 0.6 is 0 Å². The molecule has 106 valence electrons. The van der Waals surface area contributed by atoms with Crippen molar-refractivity contribution in [3.8, 4) is 5.75 Å². The van der Waals surface area contributed by atoms with Gasteiger partial charge in [0.05, 0.1) is 0 Å². The van der Waals surface area contributed by atoms with Crippen molar-refractivity contribution in [2.24, 2.45) is 5.92 Å². The van der Waals surface area contributed by atoms with Gasteiger partial charge in [-0.1, -0.05) is 26.0 Å². The first-order chi connectivity index (χ1) is 9.56. The third-order valence-electron chi connectivity index (χ3n) is 2.78. The lowest BCUT2D eigenvalue weighted by molar-refractivity contribution is 0.282. The fraction of sp³-hybridized carbons (Fsp3) is 0.385. The number of nitrogens with zero attached hydrogens (tertiary/aromatic N) is 3. The van der Waals surface area contributed by atoms with Crippen LogP contribution in [0.1, 0.15) is 19.7 Å². The molecule has 0 aliphatic carbocycles. The summed E-state index contributed by atoms with van der Waals surface area (Å²) in [7, 11) is -1.46. The number of hydrogen-bond acceptors (Lipinski definition) is 5. The second-order valence-corrected chi connectivity index (χ2v) is 4.98. The summed E-state index contributed by atoms with van der Waals surface area (Å²) in [5, 5.41) is 22.2. The van der Waals surface area contributed by atoms with Crippen LogP contribution in [0.4, 0.5) is 0 Å². The molecule has 2 aromatic rings. The zero-order valence-corrected chi connectivity index (χ0v) is 11.6. The van der Waals surface area contributed by atoms with Crippen LogP contribution in [0.5, 0.6) is 5.75 Å². The van der Waals surface area contributed by atoms with E-state index in [4.69, 9.17) is 14.8 Å². The van der Waals surface area contributed by atoms with Gasteiger partial charge in [0.15, 0.2) is 5.82 Å². The smallest absolute Gasteiger partial charge is 0.486 e. The van der Waals surface area contributed by atoms with Gasteiger partial charge in [0.1, 0.15) is 18.7 Å². The first-order valence-electron chi connectivity index (χ1n) is 6.52. The summed E-state index contributed by atoms with van der Waals surface area (Å²) >= 11 is 0. The van der Waals surface area contributed by atoms with Crippen LogP contribution in [-0.2, 0) is 13.2 Å². The van der Waals surface area contributed by atoms with Gasteiger partial charge in [-0.25, -0.2) is 9.67 Å². The lowest BCUT2D eigenvalue weighted by Gasteiger charge is -2.10. The maximum absolute atomic E-state index is 9.01. The molecule has 20 heavy (non-hydrogen) atoms. The molecule has 0 fully saturated rings. The molecule has 0 bridgehead atoms. The molecule has 0 spiro atoms. The minimum atomic E-state index is -1.46. The maximum Gasteiger partial charge on any atom is 0.488 e. The fourth-order valence-corrected chi connectivity index (χ4v) is 1.78. The third kappa shape index (κ3) is 3.82. The van der Waals surface area contributed by atoms with Crippen molar-refractivity contribution in [1.82, 2.24) is 14.8 Å². The highest BCUT2D eigenvalue weighted by Gasteiger charge is 2.11. The number of hydrogen-bond donors (Lipinski definition) is 2. The molecule has 6 nitrogen and oxygen atoms in total. The van der Waals surface area contributed by atoms with Gasteiger partial charge in [0.2, 0.25) is 0 Å². The zero-order chi connectivity index (χ0) is 14.5. The Labute approximate surface area is 118 Å². The SMILES string of the molecule is CC(C)Cn1ncnc1COc1ccc(B(O)O)cc1. The predicted octanol–water partition coefficient (Wildman–Crippen LogP) is 0.193. The second-order valence-electron chi connectivity index (χ2n) is 4.98. The van der Waals surface area contributed by atoms with Gasteiger partial charge in [-0.2, -0.15) is 5.10 Å². The molecule has 0 unspecified atom stereocenters. The molecule has 0 amide bonds. The van der Waals surface area contributed by atoms with Crippen molar-refractivity contribution in [3.63, 3.8) is 0 Å². The van der Waals surface area contributed by atoms with Crippen molar-refractivity contribution < 1.29 is 14.8 Å². The summed E-state index contributed by atoms with van der Waals surface area (Å²) in [6.07, 6.45) is 1.52. The quantitative estimate of drug-likeness (QED) is 0.736. The van der Waals surface area contributed by atoms with Gasteiger partial charge < -0.3 is 14.8 Å². The van der Waals surface area contributed by atoms with Crippen molar-refractivity contribution in [3.05, 3.63) is 36.4 Å². The molecule has 1 aromatic heterocycles. The number of ether oxygens (including phenoxy) is 1. The van der Waals surface area contributed by atoms with Crippen LogP contribution in [0.15, 0.2) is 30.6 Å². The van der Waals surface area contributed by atoms with Crippen molar-refractivity contribution in [2.75, 3.05) is 0 Å². The van der Waals surface area contributed by atoms with Crippen molar-refractivity contribution in [1.29, 1.82) is 0 Å². The van der Waals surface area contributed by atoms with Gasteiger partial charge in [-0.15, -0.1) is 0 Å². The molecule has 0 aliphatic rings. The van der Waals surface area contributed by atoms with E-state index in [0.717, 1.165) is 12.4 Å². The van der Waals surface area contributed by atoms with Crippen molar-refractivity contribution in [2.45, 2.75) is 27.0 Å². The highest BCUT2D eigenvalue weighted by atomic mass is 16.5. The molecule has 0 aliphatic heterocycles. The van der Waals surface area contributed by atoms with E-state index in [0.29, 0.717) is 23.7 Å². The maximum atomic E-state index is 9.01. The van der Waals surface area contributed by atoms with Crippen LogP contribution in [-0.4, -0.2) is 31.9 Å². The standard InChI is InChI=1S/C13H18BN3O3/c1-10(2)7-17-13(15-9-16-17)8-20-12-5-3-11(4-6-12)14(18)19/h3-6,9-10,18-19H,7-8H2,1-2H3. The summed E-state index contributed by atoms with van der Waals surface area (Å²) in [6, 6.07) is 6.60. The fourth-order valence-electron chi connectivity index (χ4n) is 1.78. The van der Waals surface area contributed by atoms with E-state index >= 15 is 0 Å². The summed E-state index contributed by atoms with van der Waals surface area (Å²) < 4.78 is 7.45. The lowest BCUT2D eigenvalue weighted by Crippen LogP contribution is -2.29. The summed E-state index contributed by atoms with van der Waals surface area (Å²) in [4.78, 5) is 4.18. The van der Waals surface area contributed by atoms with E-state index in [1.807, 2.05) is 4.68 Å². The Morgan fingerprint density at radius 1 is 1.25 bits per heavy atom. The average molecular weight is 275 g/mol. The van der Waals surface area contributed by atoms with Crippen LogP contribution in [0.25, 0.3) is 0 Å². The van der Waals surface area contributed by atoms with Gasteiger partial charge in [-0.05, 0) is 23.5 Å². The van der Waals surface area contributed by atoms with E-state index in [2.05, 4.69) is 23.9 Å².